The third kappa shape index (κ3) is 3.99. The molecule has 0 radical (unpaired) electrons. The summed E-state index contributed by atoms with van der Waals surface area (Å²) in [5.74, 6) is 0.722. The molecule has 0 aliphatic carbocycles. The number of aromatic nitrogens is 2. The van der Waals surface area contributed by atoms with E-state index in [-0.39, 0.29) is 6.04 Å². The molecule has 1 unspecified atom stereocenters. The Balaban J connectivity index is 1.92. The summed E-state index contributed by atoms with van der Waals surface area (Å²) in [6, 6.07) is 6.23. The number of hydrogen-bond donors (Lipinski definition) is 1. The second-order valence-electron chi connectivity index (χ2n) is 4.62. The van der Waals surface area contributed by atoms with Crippen molar-refractivity contribution in [2.24, 2.45) is 0 Å². The molecule has 0 aliphatic heterocycles. The Labute approximate surface area is 124 Å². The molecule has 4 nitrogen and oxygen atoms in total. The van der Waals surface area contributed by atoms with Crippen molar-refractivity contribution in [3.63, 3.8) is 0 Å². The Hall–Kier alpha value is -1.52. The zero-order valence-corrected chi connectivity index (χ0v) is 12.6. The van der Waals surface area contributed by atoms with Gasteiger partial charge in [-0.05, 0) is 31.2 Å². The summed E-state index contributed by atoms with van der Waals surface area (Å²) >= 11 is 6.26. The molecular formula is C15H20ClN3O. The van der Waals surface area contributed by atoms with Crippen molar-refractivity contribution in [1.29, 1.82) is 0 Å². The first-order chi connectivity index (χ1) is 9.70. The van der Waals surface area contributed by atoms with Gasteiger partial charge in [0.1, 0.15) is 12.4 Å². The highest BCUT2D eigenvalue weighted by Gasteiger charge is 2.08. The van der Waals surface area contributed by atoms with Gasteiger partial charge in [0.05, 0.1) is 17.9 Å². The largest absolute Gasteiger partial charge is 0.490 e. The molecule has 1 atom stereocenters. The zero-order valence-electron chi connectivity index (χ0n) is 11.8. The van der Waals surface area contributed by atoms with Crippen molar-refractivity contribution in [2.45, 2.75) is 26.4 Å². The van der Waals surface area contributed by atoms with Crippen LogP contribution < -0.4 is 10.1 Å². The zero-order chi connectivity index (χ0) is 14.4. The fraction of sp³-hybridized carbons (Fsp3) is 0.400. The molecule has 0 aliphatic rings. The molecule has 1 heterocycles. The molecule has 0 saturated carbocycles. The second-order valence-corrected chi connectivity index (χ2v) is 5.03. The maximum atomic E-state index is 6.26. The van der Waals surface area contributed by atoms with E-state index in [0.717, 1.165) is 18.8 Å². The van der Waals surface area contributed by atoms with E-state index < -0.39 is 0 Å². The van der Waals surface area contributed by atoms with Gasteiger partial charge in [0, 0.05) is 18.4 Å². The molecule has 108 valence electrons. The molecule has 5 heteroatoms. The van der Waals surface area contributed by atoms with Gasteiger partial charge in [0.2, 0.25) is 0 Å². The number of nitrogens with zero attached hydrogens (tertiary/aromatic N) is 2. The van der Waals surface area contributed by atoms with Gasteiger partial charge in [-0.3, -0.25) is 0 Å². The van der Waals surface area contributed by atoms with Crippen LogP contribution in [-0.2, 0) is 6.54 Å². The van der Waals surface area contributed by atoms with Crippen LogP contribution >= 0.6 is 11.6 Å². The molecule has 0 bridgehead atoms. The lowest BCUT2D eigenvalue weighted by Gasteiger charge is -2.15. The van der Waals surface area contributed by atoms with Gasteiger partial charge in [0.15, 0.2) is 0 Å². The van der Waals surface area contributed by atoms with Crippen LogP contribution in [0.4, 0.5) is 0 Å². The lowest BCUT2D eigenvalue weighted by Crippen LogP contribution is -2.17. The van der Waals surface area contributed by atoms with Crippen LogP contribution in [0.3, 0.4) is 0 Å². The summed E-state index contributed by atoms with van der Waals surface area (Å²) in [6.45, 7) is 6.46. The molecule has 20 heavy (non-hydrogen) atoms. The van der Waals surface area contributed by atoms with Crippen molar-refractivity contribution in [3.8, 4) is 5.75 Å². The topological polar surface area (TPSA) is 39.1 Å². The Morgan fingerprint density at radius 3 is 2.95 bits per heavy atom. The van der Waals surface area contributed by atoms with Gasteiger partial charge in [-0.1, -0.05) is 24.6 Å². The minimum absolute atomic E-state index is 0.289. The van der Waals surface area contributed by atoms with Gasteiger partial charge in [-0.2, -0.15) is 0 Å². The second kappa shape index (κ2) is 7.31. The molecule has 0 fully saturated rings. The summed E-state index contributed by atoms with van der Waals surface area (Å²) in [7, 11) is 0. The maximum absolute atomic E-state index is 6.26. The average molecular weight is 294 g/mol. The van der Waals surface area contributed by atoms with Crippen molar-refractivity contribution in [3.05, 3.63) is 47.5 Å². The minimum atomic E-state index is 0.289. The van der Waals surface area contributed by atoms with E-state index >= 15 is 0 Å². The van der Waals surface area contributed by atoms with Gasteiger partial charge >= 0.3 is 0 Å². The minimum Gasteiger partial charge on any atom is -0.490 e. The van der Waals surface area contributed by atoms with Crippen LogP contribution in [0, 0.1) is 0 Å². The predicted octanol–water partition coefficient (Wildman–Crippen LogP) is 3.29. The summed E-state index contributed by atoms with van der Waals surface area (Å²) in [6.07, 6.45) is 5.43. The number of benzene rings is 1. The number of rotatable bonds is 7. The Bertz CT molecular complexity index is 528. The van der Waals surface area contributed by atoms with E-state index in [1.807, 2.05) is 29.0 Å². The molecular weight excluding hydrogens is 274 g/mol. The van der Waals surface area contributed by atoms with Gasteiger partial charge in [-0.25, -0.2) is 4.98 Å². The van der Waals surface area contributed by atoms with Crippen molar-refractivity contribution in [1.82, 2.24) is 14.9 Å². The Morgan fingerprint density at radius 1 is 1.45 bits per heavy atom. The first-order valence-electron chi connectivity index (χ1n) is 6.82. The standard InChI is InChI=1S/C15H20ClN3O/c1-3-18-12(2)13-4-5-15(14(16)10-13)20-9-8-19-7-6-17-11-19/h4-7,10-12,18H,3,8-9H2,1-2H3. The smallest absolute Gasteiger partial charge is 0.137 e. The quantitative estimate of drug-likeness (QED) is 0.851. The van der Waals surface area contributed by atoms with Gasteiger partial charge < -0.3 is 14.6 Å². The summed E-state index contributed by atoms with van der Waals surface area (Å²) in [5, 5.41) is 4.01. The van der Waals surface area contributed by atoms with Crippen LogP contribution in [0.5, 0.6) is 5.75 Å². The lowest BCUT2D eigenvalue weighted by atomic mass is 10.1. The first-order valence-corrected chi connectivity index (χ1v) is 7.20. The SMILES string of the molecule is CCNC(C)c1ccc(OCCn2ccnc2)c(Cl)c1. The van der Waals surface area contributed by atoms with Crippen LogP contribution in [0.15, 0.2) is 36.9 Å². The highest BCUT2D eigenvalue weighted by molar-refractivity contribution is 6.32. The number of nitrogens with one attached hydrogen (secondary N) is 1. The highest BCUT2D eigenvalue weighted by Crippen LogP contribution is 2.27. The maximum Gasteiger partial charge on any atom is 0.137 e. The van der Waals surface area contributed by atoms with E-state index in [4.69, 9.17) is 16.3 Å². The van der Waals surface area contributed by atoms with Gasteiger partial charge in [-0.15, -0.1) is 0 Å². The number of ether oxygens (including phenoxy) is 1. The van der Waals surface area contributed by atoms with E-state index in [9.17, 15) is 0 Å². The molecule has 0 saturated heterocycles. The van der Waals surface area contributed by atoms with E-state index in [2.05, 4.69) is 24.1 Å². The number of hydrogen-bond acceptors (Lipinski definition) is 3. The summed E-state index contributed by atoms with van der Waals surface area (Å²) in [5.41, 5.74) is 1.17. The monoisotopic (exact) mass is 293 g/mol. The molecule has 0 amide bonds. The third-order valence-corrected chi connectivity index (χ3v) is 3.43. The third-order valence-electron chi connectivity index (χ3n) is 3.13. The average Bonchev–Trinajstić information content (AvgIpc) is 2.94. The Kier molecular flexibility index (Phi) is 5.44. The Morgan fingerprint density at radius 2 is 2.30 bits per heavy atom. The van der Waals surface area contributed by atoms with Gasteiger partial charge in [0.25, 0.3) is 0 Å². The normalized spacial score (nSPS) is 12.3. The van der Waals surface area contributed by atoms with Crippen molar-refractivity contribution < 1.29 is 4.74 Å². The van der Waals surface area contributed by atoms with Crippen molar-refractivity contribution in [2.75, 3.05) is 13.2 Å². The molecule has 2 aromatic rings. The van der Waals surface area contributed by atoms with E-state index in [1.165, 1.54) is 5.56 Å². The fourth-order valence-electron chi connectivity index (χ4n) is 2.01. The number of halogens is 1. The fourth-order valence-corrected chi connectivity index (χ4v) is 2.25. The van der Waals surface area contributed by atoms with Crippen LogP contribution in [-0.4, -0.2) is 22.7 Å². The van der Waals surface area contributed by atoms with E-state index in [0.29, 0.717) is 11.6 Å². The van der Waals surface area contributed by atoms with Crippen LogP contribution in [0.2, 0.25) is 5.02 Å². The van der Waals surface area contributed by atoms with Crippen LogP contribution in [0.1, 0.15) is 25.5 Å². The summed E-state index contributed by atoms with van der Waals surface area (Å²) in [4.78, 5) is 3.99. The van der Waals surface area contributed by atoms with Crippen molar-refractivity contribution >= 4 is 11.6 Å². The predicted molar refractivity (Wildman–Crippen MR) is 81.3 cm³/mol. The lowest BCUT2D eigenvalue weighted by molar-refractivity contribution is 0.298. The molecule has 1 aromatic carbocycles. The molecule has 0 spiro atoms. The first kappa shape index (κ1) is 14.9. The number of imidazole rings is 1. The molecule has 1 aromatic heterocycles. The van der Waals surface area contributed by atoms with E-state index in [1.54, 1.807) is 12.5 Å². The molecule has 1 N–H and O–H groups in total. The van der Waals surface area contributed by atoms with Crippen LogP contribution in [0.25, 0.3) is 0 Å². The highest BCUT2D eigenvalue weighted by atomic mass is 35.5. The molecule has 2 rings (SSSR count). The summed E-state index contributed by atoms with van der Waals surface area (Å²) < 4.78 is 7.67.